The van der Waals surface area contributed by atoms with Crippen LogP contribution in [0.4, 0.5) is 0 Å². The Morgan fingerprint density at radius 2 is 1.29 bits per heavy atom. The molecule has 0 rings (SSSR count). The Balaban J connectivity index is -0.0000000133. The summed E-state index contributed by atoms with van der Waals surface area (Å²) in [7, 11) is -4.67. The van der Waals surface area contributed by atoms with Gasteiger partial charge in [-0.25, -0.2) is 0 Å². The average molecular weight is 141 g/mol. The van der Waals surface area contributed by atoms with E-state index in [0.29, 0.717) is 0 Å². The van der Waals surface area contributed by atoms with Crippen LogP contribution in [0, 0.1) is 0 Å². The maximum absolute atomic E-state index is 8.74. The van der Waals surface area contributed by atoms with Gasteiger partial charge in [0.15, 0.2) is 0 Å². The molecule has 0 amide bonds. The maximum Gasteiger partial charge on any atom is 2.00 e. The van der Waals surface area contributed by atoms with Gasteiger partial charge in [-0.3, -0.25) is 9.11 Å². The van der Waals surface area contributed by atoms with E-state index in [1.165, 1.54) is 0 Å². The zero-order valence-electron chi connectivity index (χ0n) is 5.53. The van der Waals surface area contributed by atoms with Crippen molar-refractivity contribution in [3.8, 4) is 0 Å². The van der Waals surface area contributed by atoms with Gasteiger partial charge in [0.2, 0.25) is 0 Å². The monoisotopic (exact) mass is 141 g/mol. The minimum atomic E-state index is -4.67. The molecule has 7 heavy (non-hydrogen) atoms. The summed E-state index contributed by atoms with van der Waals surface area (Å²) in [6, 6.07) is 0. The van der Waals surface area contributed by atoms with E-state index in [9.17, 15) is 0 Å². The number of hydrogen-bond acceptors (Lipinski definition) is 3. The molecule has 0 aliphatic rings. The Kier molecular flexibility index (Phi) is 10.6. The molecule has 0 saturated carbocycles. The van der Waals surface area contributed by atoms with Gasteiger partial charge < -0.3 is 9.00 Å². The molecule has 7 heteroatoms. The van der Waals surface area contributed by atoms with Crippen LogP contribution in [0.15, 0.2) is 0 Å². The van der Waals surface area contributed by atoms with Gasteiger partial charge in [0.05, 0.1) is 0 Å². The van der Waals surface area contributed by atoms with Gasteiger partial charge in [-0.1, -0.05) is 0 Å². The number of rotatable bonds is 0. The van der Waals surface area contributed by atoms with Crippen molar-refractivity contribution in [2.24, 2.45) is 0 Å². The topological polar surface area (TPSA) is 110 Å². The molecule has 5 nitrogen and oxygen atoms in total. The molecular formula is H7MgNO4S. The van der Waals surface area contributed by atoms with Gasteiger partial charge in [0.1, 0.15) is 0 Å². The summed E-state index contributed by atoms with van der Waals surface area (Å²) in [5, 5.41) is 0. The molecule has 0 aromatic carbocycles. The van der Waals surface area contributed by atoms with Gasteiger partial charge in [0.25, 0.3) is 0 Å². The molecule has 0 heterocycles. The van der Waals surface area contributed by atoms with Crippen molar-refractivity contribution in [1.29, 1.82) is 0 Å². The second-order valence-electron chi connectivity index (χ2n) is 0.448. The first-order valence-electron chi connectivity index (χ1n) is 0.698. The van der Waals surface area contributed by atoms with Crippen LogP contribution in [0.5, 0.6) is 0 Å². The number of hydrogen-bond donors (Lipinski definition) is 3. The minimum Gasteiger partial charge on any atom is -1.00 e. The molecule has 0 spiro atoms. The third kappa shape index (κ3) is 392. The third-order valence-electron chi connectivity index (χ3n) is 0. The van der Waals surface area contributed by atoms with Crippen molar-refractivity contribution in [2.45, 2.75) is 0 Å². The first kappa shape index (κ1) is 15.6. The van der Waals surface area contributed by atoms with Crippen molar-refractivity contribution in [1.82, 2.24) is 6.15 Å². The van der Waals surface area contributed by atoms with Crippen molar-refractivity contribution in [3.05, 3.63) is 0 Å². The summed E-state index contributed by atoms with van der Waals surface area (Å²) in [4.78, 5) is 0. The van der Waals surface area contributed by atoms with E-state index < -0.39 is 10.4 Å². The van der Waals surface area contributed by atoms with Crippen molar-refractivity contribution in [2.75, 3.05) is 0 Å². The zero-order valence-corrected chi connectivity index (χ0v) is 5.76. The molecule has 0 radical (unpaired) electrons. The van der Waals surface area contributed by atoms with Crippen LogP contribution in [0.25, 0.3) is 0 Å². The fourth-order valence-corrected chi connectivity index (χ4v) is 0. The Labute approximate surface area is 60.4 Å². The van der Waals surface area contributed by atoms with Gasteiger partial charge in [0, 0.05) is 0 Å². The van der Waals surface area contributed by atoms with Crippen LogP contribution < -0.4 is 6.15 Å². The van der Waals surface area contributed by atoms with Crippen molar-refractivity contribution in [3.63, 3.8) is 0 Å². The summed E-state index contributed by atoms with van der Waals surface area (Å²) in [6.45, 7) is 0. The Morgan fingerprint density at radius 3 is 1.29 bits per heavy atom. The largest absolute Gasteiger partial charge is 2.00 e. The quantitative estimate of drug-likeness (QED) is 0.307. The van der Waals surface area contributed by atoms with Crippen LogP contribution in [-0.4, -0.2) is 40.6 Å². The summed E-state index contributed by atoms with van der Waals surface area (Å²) < 4.78 is 31.6. The molecular weight excluding hydrogens is 134 g/mol. The molecule has 44 valence electrons. The Morgan fingerprint density at radius 1 is 1.29 bits per heavy atom. The molecule has 0 fully saturated rings. The summed E-state index contributed by atoms with van der Waals surface area (Å²) in [6.07, 6.45) is 0. The van der Waals surface area contributed by atoms with Gasteiger partial charge in [-0.2, -0.15) is 8.42 Å². The fourth-order valence-electron chi connectivity index (χ4n) is 0. The molecule has 0 aromatic rings. The molecule has 0 bridgehead atoms. The van der Waals surface area contributed by atoms with Gasteiger partial charge >= 0.3 is 33.5 Å². The molecule has 0 atom stereocenters. The average Bonchev–Trinajstić information content (AvgIpc) is 0.722. The van der Waals surface area contributed by atoms with Gasteiger partial charge in [-0.05, 0) is 0 Å². The first-order valence-corrected chi connectivity index (χ1v) is 2.10. The van der Waals surface area contributed by atoms with Crippen LogP contribution in [0.2, 0.25) is 0 Å². The Hall–Kier alpha value is 0.596. The van der Waals surface area contributed by atoms with E-state index in [-0.39, 0.29) is 32.1 Å². The van der Waals surface area contributed by atoms with Crippen molar-refractivity contribution >= 4 is 33.5 Å². The van der Waals surface area contributed by atoms with E-state index in [4.69, 9.17) is 17.5 Å². The fraction of sp³-hybridized carbons (Fsp3) is 0. The molecule has 0 unspecified atom stereocenters. The van der Waals surface area contributed by atoms with Crippen LogP contribution in [0.1, 0.15) is 2.85 Å². The van der Waals surface area contributed by atoms with E-state index in [2.05, 4.69) is 0 Å². The normalized spacial score (nSPS) is 8.29. The SMILES string of the molecule is N.O=S(=O)(O)O.[H-].[H-].[Mg+2]. The molecule has 5 N–H and O–H groups in total. The predicted octanol–water partition coefficient (Wildman–Crippen LogP) is -0.647. The molecule has 0 saturated heterocycles. The zero-order chi connectivity index (χ0) is 4.50. The summed E-state index contributed by atoms with van der Waals surface area (Å²) in [5.74, 6) is 0. The van der Waals surface area contributed by atoms with Crippen LogP contribution in [0.3, 0.4) is 0 Å². The van der Waals surface area contributed by atoms with E-state index in [1.54, 1.807) is 0 Å². The smallest absolute Gasteiger partial charge is 1.00 e. The second kappa shape index (κ2) is 4.75. The predicted molar refractivity (Wildman–Crippen MR) is 27.2 cm³/mol. The molecule has 0 aliphatic heterocycles. The maximum atomic E-state index is 8.74. The molecule has 0 aromatic heterocycles. The minimum absolute atomic E-state index is 0. The first-order chi connectivity index (χ1) is 2.00. The van der Waals surface area contributed by atoms with Crippen molar-refractivity contribution < 1.29 is 20.4 Å². The third-order valence-corrected chi connectivity index (χ3v) is 0. The Bertz CT molecular complexity index is 102. The van der Waals surface area contributed by atoms with Gasteiger partial charge in [-0.15, -0.1) is 0 Å². The molecule has 0 aliphatic carbocycles. The summed E-state index contributed by atoms with van der Waals surface area (Å²) in [5.41, 5.74) is 0. The van der Waals surface area contributed by atoms with Crippen LogP contribution >= 0.6 is 0 Å². The second-order valence-corrected chi connectivity index (χ2v) is 1.34. The van der Waals surface area contributed by atoms with E-state index in [0.717, 1.165) is 0 Å². The summed E-state index contributed by atoms with van der Waals surface area (Å²) >= 11 is 0. The van der Waals surface area contributed by atoms with E-state index >= 15 is 0 Å². The van der Waals surface area contributed by atoms with Crippen LogP contribution in [-0.2, 0) is 10.4 Å². The standard InChI is InChI=1S/Mg.H3N.H2O4S.2H/c;;1-5(2,3)4;;/h;1H3;(H2,1,2,3,4);;/q+2;;;2*-1. The van der Waals surface area contributed by atoms with E-state index in [1.807, 2.05) is 0 Å².